The van der Waals surface area contributed by atoms with Crippen molar-refractivity contribution in [2.45, 2.75) is 13.9 Å². The first kappa shape index (κ1) is 14.0. The highest BCUT2D eigenvalue weighted by atomic mass is 32.2. The smallest absolute Gasteiger partial charge is 0.207 e. The second-order valence-corrected chi connectivity index (χ2v) is 8.71. The van der Waals surface area contributed by atoms with Gasteiger partial charge in [-0.2, -0.15) is 0 Å². The molecule has 0 aromatic heterocycles. The van der Waals surface area contributed by atoms with Crippen LogP contribution in [0.15, 0.2) is 58.3 Å². The quantitative estimate of drug-likeness (QED) is 0.789. The summed E-state index contributed by atoms with van der Waals surface area (Å²) in [5.41, 5.74) is 1.75. The summed E-state index contributed by atoms with van der Waals surface area (Å²) < 4.78 is 25.2. The molecule has 20 heavy (non-hydrogen) atoms. The monoisotopic (exact) mass is 322 g/mol. The van der Waals surface area contributed by atoms with Gasteiger partial charge in [0.25, 0.3) is 0 Å². The lowest BCUT2D eigenvalue weighted by molar-refractivity contribution is 0.590. The van der Waals surface area contributed by atoms with Gasteiger partial charge in [-0.1, -0.05) is 36.4 Å². The highest BCUT2D eigenvalue weighted by molar-refractivity contribution is 8.17. The Labute approximate surface area is 127 Å². The van der Waals surface area contributed by atoms with Crippen LogP contribution in [-0.2, 0) is 13.9 Å². The molecule has 3 rings (SSSR count). The minimum absolute atomic E-state index is 0.363. The zero-order valence-corrected chi connectivity index (χ0v) is 13.6. The third kappa shape index (κ3) is 1.70. The molecule has 0 bridgehead atoms. The lowest BCUT2D eigenvalue weighted by Gasteiger charge is -2.37. The highest BCUT2D eigenvalue weighted by Gasteiger charge is 2.45. The molecule has 0 atom stereocenters. The van der Waals surface area contributed by atoms with E-state index in [9.17, 15) is 8.42 Å². The molecule has 0 N–H and O–H groups in total. The van der Waals surface area contributed by atoms with E-state index in [0.29, 0.717) is 9.79 Å². The molecule has 0 unspecified atom stereocenters. The van der Waals surface area contributed by atoms with Crippen LogP contribution in [0.25, 0.3) is 0 Å². The van der Waals surface area contributed by atoms with E-state index in [0.717, 1.165) is 11.1 Å². The summed E-state index contributed by atoms with van der Waals surface area (Å²) >= 11 is 3.36. The maximum atomic E-state index is 12.8. The lowest BCUT2D eigenvalue weighted by atomic mass is 10.0. The van der Waals surface area contributed by atoms with Crippen molar-refractivity contribution in [2.75, 3.05) is 12.5 Å². The minimum atomic E-state index is -3.42. The predicted molar refractivity (Wildman–Crippen MR) is 86.1 cm³/mol. The highest BCUT2D eigenvalue weighted by Crippen LogP contribution is 2.56. The van der Waals surface area contributed by atoms with Crippen molar-refractivity contribution in [3.8, 4) is 0 Å². The van der Waals surface area contributed by atoms with Gasteiger partial charge < -0.3 is 0 Å². The van der Waals surface area contributed by atoms with Crippen molar-refractivity contribution >= 4 is 33.4 Å². The molecule has 2 nitrogen and oxygen atoms in total. The van der Waals surface area contributed by atoms with E-state index in [4.69, 9.17) is 0 Å². The number of thioether (sulfide) groups is 2. The average molecular weight is 322 g/mol. The van der Waals surface area contributed by atoms with Crippen molar-refractivity contribution in [1.82, 2.24) is 0 Å². The summed E-state index contributed by atoms with van der Waals surface area (Å²) in [4.78, 5) is 0.866. The van der Waals surface area contributed by atoms with E-state index in [1.165, 1.54) is 0 Å². The fourth-order valence-electron chi connectivity index (χ4n) is 2.73. The van der Waals surface area contributed by atoms with Crippen LogP contribution >= 0.6 is 23.5 Å². The van der Waals surface area contributed by atoms with Crippen molar-refractivity contribution in [1.29, 1.82) is 0 Å². The Balaban J connectivity index is 2.49. The average Bonchev–Trinajstić information content (AvgIpc) is 2.49. The van der Waals surface area contributed by atoms with Gasteiger partial charge in [-0.25, -0.2) is 8.42 Å². The van der Waals surface area contributed by atoms with Gasteiger partial charge in [0.05, 0.1) is 9.79 Å². The van der Waals surface area contributed by atoms with Gasteiger partial charge in [0, 0.05) is 11.1 Å². The van der Waals surface area contributed by atoms with Crippen molar-refractivity contribution in [2.24, 2.45) is 0 Å². The van der Waals surface area contributed by atoms with Crippen LogP contribution in [0.1, 0.15) is 11.1 Å². The number of hydrogen-bond acceptors (Lipinski definition) is 4. The molecule has 104 valence electrons. The molecule has 0 saturated heterocycles. The molecule has 0 radical (unpaired) electrons. The predicted octanol–water partition coefficient (Wildman–Crippen LogP) is 3.76. The number of rotatable bonds is 2. The molecule has 1 heterocycles. The van der Waals surface area contributed by atoms with E-state index >= 15 is 0 Å². The van der Waals surface area contributed by atoms with E-state index in [1.54, 1.807) is 47.8 Å². The zero-order chi connectivity index (χ0) is 14.4. The molecular weight excluding hydrogens is 308 g/mol. The van der Waals surface area contributed by atoms with Crippen LogP contribution in [0.4, 0.5) is 0 Å². The molecule has 2 aromatic rings. The molecule has 1 aliphatic rings. The summed E-state index contributed by atoms with van der Waals surface area (Å²) in [5, 5.41) is 0. The number of benzene rings is 2. The Kier molecular flexibility index (Phi) is 3.39. The van der Waals surface area contributed by atoms with Crippen LogP contribution in [0.5, 0.6) is 0 Å². The van der Waals surface area contributed by atoms with Crippen molar-refractivity contribution in [3.05, 3.63) is 59.7 Å². The lowest BCUT2D eigenvalue weighted by Crippen LogP contribution is -2.29. The van der Waals surface area contributed by atoms with Gasteiger partial charge in [0.1, 0.15) is 4.08 Å². The topological polar surface area (TPSA) is 34.1 Å². The third-order valence-electron chi connectivity index (χ3n) is 3.64. The van der Waals surface area contributed by atoms with Crippen molar-refractivity contribution in [3.63, 3.8) is 0 Å². The maximum absolute atomic E-state index is 12.8. The molecule has 0 amide bonds. The maximum Gasteiger partial charge on any atom is 0.207 e. The molecule has 5 heteroatoms. The Bertz CT molecular complexity index is 707. The van der Waals surface area contributed by atoms with Gasteiger partial charge in [0.2, 0.25) is 9.84 Å². The Morgan fingerprint density at radius 2 is 1.20 bits per heavy atom. The van der Waals surface area contributed by atoms with E-state index in [2.05, 4.69) is 0 Å². The number of hydrogen-bond donors (Lipinski definition) is 0. The minimum Gasteiger partial charge on any atom is -0.218 e. The molecule has 0 fully saturated rings. The summed E-state index contributed by atoms with van der Waals surface area (Å²) in [5.74, 6) is 0. The Morgan fingerprint density at radius 3 is 1.60 bits per heavy atom. The van der Waals surface area contributed by atoms with Gasteiger partial charge in [0.15, 0.2) is 0 Å². The van der Waals surface area contributed by atoms with Crippen molar-refractivity contribution < 1.29 is 8.42 Å². The Hall–Kier alpha value is -0.910. The second-order valence-electron chi connectivity index (χ2n) is 4.52. The normalized spacial score (nSPS) is 18.1. The summed E-state index contributed by atoms with van der Waals surface area (Å²) in [6.07, 6.45) is 4.06. The van der Waals surface area contributed by atoms with E-state index in [1.807, 2.05) is 36.8 Å². The fourth-order valence-corrected chi connectivity index (χ4v) is 7.02. The van der Waals surface area contributed by atoms with Gasteiger partial charge >= 0.3 is 0 Å². The second kappa shape index (κ2) is 4.83. The summed E-state index contributed by atoms with van der Waals surface area (Å²) in [6, 6.07) is 14.7. The Morgan fingerprint density at radius 1 is 0.800 bits per heavy atom. The van der Waals surface area contributed by atoms with Gasteiger partial charge in [-0.3, -0.25) is 0 Å². The summed E-state index contributed by atoms with van der Waals surface area (Å²) in [6.45, 7) is 0. The standard InChI is InChI=1S/C15H14O2S3/c1-18-15(19-2)11-7-3-5-9-13(11)20(16,17)14-10-6-4-8-12(14)15/h3-10H,1-2H3. The largest absolute Gasteiger partial charge is 0.218 e. The molecule has 1 aliphatic heterocycles. The van der Waals surface area contributed by atoms with Gasteiger partial charge in [-0.15, -0.1) is 23.5 Å². The molecule has 2 aromatic carbocycles. The van der Waals surface area contributed by atoms with E-state index < -0.39 is 9.84 Å². The number of sulfone groups is 1. The molecule has 0 aliphatic carbocycles. The van der Waals surface area contributed by atoms with Crippen LogP contribution in [0.3, 0.4) is 0 Å². The summed E-state index contributed by atoms with van der Waals surface area (Å²) in [7, 11) is -3.42. The zero-order valence-electron chi connectivity index (χ0n) is 11.2. The first-order valence-corrected chi connectivity index (χ1v) is 10.1. The SMILES string of the molecule is CSC1(SC)c2ccccc2S(=O)(=O)c2ccccc21. The first-order valence-electron chi connectivity index (χ1n) is 6.12. The van der Waals surface area contributed by atoms with E-state index in [-0.39, 0.29) is 4.08 Å². The molecule has 0 spiro atoms. The fraction of sp³-hybridized carbons (Fsp3) is 0.200. The van der Waals surface area contributed by atoms with Crippen LogP contribution < -0.4 is 0 Å². The first-order chi connectivity index (χ1) is 9.58. The number of fused-ring (bicyclic) bond motifs is 2. The van der Waals surface area contributed by atoms with Crippen LogP contribution in [0.2, 0.25) is 0 Å². The molecule has 0 saturated carbocycles. The van der Waals surface area contributed by atoms with Crippen LogP contribution in [0, 0.1) is 0 Å². The third-order valence-corrected chi connectivity index (χ3v) is 8.54. The van der Waals surface area contributed by atoms with Crippen LogP contribution in [-0.4, -0.2) is 20.9 Å². The van der Waals surface area contributed by atoms with Gasteiger partial charge in [-0.05, 0) is 24.6 Å². The molecular formula is C15H14O2S3.